The first-order valence-electron chi connectivity index (χ1n) is 10.9. The number of ether oxygens (including phenoxy) is 7. The Morgan fingerprint density at radius 3 is 1.55 bits per heavy atom. The van der Waals surface area contributed by atoms with Crippen molar-refractivity contribution < 1.29 is 63.8 Å². The van der Waals surface area contributed by atoms with Crippen LogP contribution in [0.2, 0.25) is 0 Å². The summed E-state index contributed by atoms with van der Waals surface area (Å²) < 4.78 is 38.6. The number of aliphatic hydroxyl groups excluding tert-OH is 6. The van der Waals surface area contributed by atoms with Crippen molar-refractivity contribution in [3.63, 3.8) is 0 Å². The Hall–Kier alpha value is -0.520. The minimum absolute atomic E-state index is 0.696. The molecule has 0 aromatic carbocycles. The van der Waals surface area contributed by atoms with Crippen molar-refractivity contribution in [2.45, 2.75) is 113 Å². The van der Waals surface area contributed by atoms with Crippen LogP contribution in [0.1, 0.15) is 20.8 Å². The first-order valence-corrected chi connectivity index (χ1v) is 10.9. The van der Waals surface area contributed by atoms with Gasteiger partial charge in [-0.25, -0.2) is 0 Å². The highest BCUT2D eigenvalue weighted by molar-refractivity contribution is 4.95. The monoisotopic (exact) mass is 484 g/mol. The zero-order valence-electron chi connectivity index (χ0n) is 19.2. The molecule has 6 N–H and O–H groups in total. The Labute approximate surface area is 191 Å². The molecule has 3 aliphatic rings. The third kappa shape index (κ3) is 5.35. The minimum atomic E-state index is -1.60. The molecule has 0 radical (unpaired) electrons. The predicted molar refractivity (Wildman–Crippen MR) is 107 cm³/mol. The van der Waals surface area contributed by atoms with Gasteiger partial charge in [-0.1, -0.05) is 0 Å². The van der Waals surface area contributed by atoms with Gasteiger partial charge in [0, 0.05) is 14.2 Å². The van der Waals surface area contributed by atoms with Crippen LogP contribution in [0.15, 0.2) is 0 Å². The molecule has 3 rings (SSSR count). The number of hydrogen-bond donors (Lipinski definition) is 6. The van der Waals surface area contributed by atoms with Gasteiger partial charge < -0.3 is 63.8 Å². The highest BCUT2D eigenvalue weighted by Gasteiger charge is 2.52. The molecule has 194 valence electrons. The summed E-state index contributed by atoms with van der Waals surface area (Å²) in [7, 11) is 2.78. The van der Waals surface area contributed by atoms with Gasteiger partial charge in [-0.2, -0.15) is 0 Å². The van der Waals surface area contributed by atoms with E-state index in [4.69, 9.17) is 33.2 Å². The fraction of sp³-hybridized carbons (Fsp3) is 1.00. The Balaban J connectivity index is 1.75. The average Bonchev–Trinajstić information content (AvgIpc) is 2.77. The lowest BCUT2D eigenvalue weighted by Gasteiger charge is -2.48. The van der Waals surface area contributed by atoms with E-state index in [1.807, 2.05) is 0 Å². The van der Waals surface area contributed by atoms with E-state index >= 15 is 0 Å². The fourth-order valence-electron chi connectivity index (χ4n) is 4.36. The van der Waals surface area contributed by atoms with Gasteiger partial charge in [0.05, 0.1) is 18.3 Å². The largest absolute Gasteiger partial charge is 0.388 e. The van der Waals surface area contributed by atoms with Gasteiger partial charge in [-0.3, -0.25) is 0 Å². The molecule has 0 aromatic heterocycles. The summed E-state index contributed by atoms with van der Waals surface area (Å²) in [4.78, 5) is 0. The Morgan fingerprint density at radius 2 is 0.970 bits per heavy atom. The smallest absolute Gasteiger partial charge is 0.187 e. The van der Waals surface area contributed by atoms with Crippen molar-refractivity contribution in [2.75, 3.05) is 14.2 Å². The molecule has 13 nitrogen and oxygen atoms in total. The first kappa shape index (κ1) is 27.1. The van der Waals surface area contributed by atoms with Crippen molar-refractivity contribution in [3.05, 3.63) is 0 Å². The number of rotatable bonds is 6. The van der Waals surface area contributed by atoms with Gasteiger partial charge in [0.15, 0.2) is 18.9 Å². The summed E-state index contributed by atoms with van der Waals surface area (Å²) in [6, 6.07) is 0. The summed E-state index contributed by atoms with van der Waals surface area (Å²) in [6.07, 6.45) is -17.8. The number of hydrogen-bond acceptors (Lipinski definition) is 13. The van der Waals surface area contributed by atoms with E-state index in [0.29, 0.717) is 0 Å². The zero-order valence-corrected chi connectivity index (χ0v) is 19.2. The normalized spacial score (nSPS) is 53.7. The van der Waals surface area contributed by atoms with Crippen LogP contribution < -0.4 is 0 Å². The van der Waals surface area contributed by atoms with Gasteiger partial charge in [-0.15, -0.1) is 0 Å². The van der Waals surface area contributed by atoms with Crippen LogP contribution >= 0.6 is 0 Å². The molecule has 3 heterocycles. The second-order valence-corrected chi connectivity index (χ2v) is 8.71. The molecule has 3 fully saturated rings. The molecule has 0 amide bonds. The minimum Gasteiger partial charge on any atom is -0.388 e. The van der Waals surface area contributed by atoms with Crippen LogP contribution in [0.25, 0.3) is 0 Å². The van der Waals surface area contributed by atoms with Crippen molar-refractivity contribution in [3.8, 4) is 0 Å². The molecule has 0 unspecified atom stereocenters. The van der Waals surface area contributed by atoms with E-state index < -0.39 is 92.1 Å². The standard InChI is InChI=1S/C20H36O13/c1-6-9(21)12(24)16(18(26)29-6)33-19-13(25)14(10(22)7(2)30-19)32-20-17(28-5)15(27-4)11(23)8(3)31-20/h6-26H,1-5H3/t6-,7-,8-,9+,10-,11+,12+,13+,14+,15+,16+,17-,18+,19-,20-/m0/s1. The van der Waals surface area contributed by atoms with Crippen LogP contribution in [0, 0.1) is 0 Å². The molecular formula is C20H36O13. The van der Waals surface area contributed by atoms with Crippen LogP contribution in [-0.2, 0) is 33.2 Å². The SMILES string of the molecule is CO[C@@H]1[C@H](O[C@@H]2[C@@H](O)[C@H](C)O[C@@H](O[C@@H]3[C@H](O)[C@H](O)[C@H](C)O[C@H]3O)[C@@H]2O)O[C@@H](C)[C@@H](O)[C@H]1OC. The zero-order chi connectivity index (χ0) is 24.6. The summed E-state index contributed by atoms with van der Waals surface area (Å²) >= 11 is 0. The molecule has 0 saturated carbocycles. The summed E-state index contributed by atoms with van der Waals surface area (Å²) in [5, 5.41) is 62.4. The predicted octanol–water partition coefficient (Wildman–Crippen LogP) is -3.18. The van der Waals surface area contributed by atoms with E-state index in [1.54, 1.807) is 6.92 Å². The van der Waals surface area contributed by atoms with Crippen molar-refractivity contribution in [1.29, 1.82) is 0 Å². The van der Waals surface area contributed by atoms with Gasteiger partial charge in [0.25, 0.3) is 0 Å². The van der Waals surface area contributed by atoms with E-state index in [9.17, 15) is 30.6 Å². The number of aliphatic hydroxyl groups is 6. The van der Waals surface area contributed by atoms with Crippen LogP contribution in [-0.4, -0.2) is 137 Å². The molecule has 0 spiro atoms. The molecule has 33 heavy (non-hydrogen) atoms. The molecule has 0 bridgehead atoms. The van der Waals surface area contributed by atoms with Gasteiger partial charge in [-0.05, 0) is 20.8 Å². The van der Waals surface area contributed by atoms with Gasteiger partial charge in [0.2, 0.25) is 0 Å². The Bertz CT molecular complexity index is 625. The number of methoxy groups -OCH3 is 2. The third-order valence-electron chi connectivity index (χ3n) is 6.47. The van der Waals surface area contributed by atoms with Crippen LogP contribution in [0.4, 0.5) is 0 Å². The van der Waals surface area contributed by atoms with Crippen LogP contribution in [0.5, 0.6) is 0 Å². The average molecular weight is 484 g/mol. The van der Waals surface area contributed by atoms with E-state index in [2.05, 4.69) is 0 Å². The topological polar surface area (TPSA) is 186 Å². The maximum Gasteiger partial charge on any atom is 0.187 e. The lowest BCUT2D eigenvalue weighted by Crippen LogP contribution is -2.65. The first-order chi connectivity index (χ1) is 15.5. The van der Waals surface area contributed by atoms with Crippen molar-refractivity contribution in [1.82, 2.24) is 0 Å². The maximum absolute atomic E-state index is 10.9. The molecular weight excluding hydrogens is 448 g/mol. The molecule has 3 aliphatic heterocycles. The third-order valence-corrected chi connectivity index (χ3v) is 6.47. The van der Waals surface area contributed by atoms with Crippen LogP contribution in [0.3, 0.4) is 0 Å². The summed E-state index contributed by atoms with van der Waals surface area (Å²) in [6.45, 7) is 4.61. The fourth-order valence-corrected chi connectivity index (χ4v) is 4.36. The Morgan fingerprint density at radius 1 is 0.485 bits per heavy atom. The highest BCUT2D eigenvalue weighted by atomic mass is 16.8. The summed E-state index contributed by atoms with van der Waals surface area (Å²) in [5.74, 6) is 0. The van der Waals surface area contributed by atoms with Gasteiger partial charge >= 0.3 is 0 Å². The van der Waals surface area contributed by atoms with E-state index in [1.165, 1.54) is 28.1 Å². The molecule has 3 saturated heterocycles. The lowest BCUT2D eigenvalue weighted by molar-refractivity contribution is -0.378. The molecule has 13 heteroatoms. The quantitative estimate of drug-likeness (QED) is 0.222. The van der Waals surface area contributed by atoms with Crippen molar-refractivity contribution >= 4 is 0 Å². The van der Waals surface area contributed by atoms with E-state index in [-0.39, 0.29) is 0 Å². The molecule has 0 aromatic rings. The Kier molecular flexibility index (Phi) is 9.05. The molecule has 0 aliphatic carbocycles. The second kappa shape index (κ2) is 11.0. The van der Waals surface area contributed by atoms with Crippen molar-refractivity contribution in [2.24, 2.45) is 0 Å². The second-order valence-electron chi connectivity index (χ2n) is 8.71. The maximum atomic E-state index is 10.9. The lowest BCUT2D eigenvalue weighted by atomic mass is 9.96. The van der Waals surface area contributed by atoms with E-state index in [0.717, 1.165) is 0 Å². The summed E-state index contributed by atoms with van der Waals surface area (Å²) in [5.41, 5.74) is 0. The highest BCUT2D eigenvalue weighted by Crippen LogP contribution is 2.33. The molecule has 15 atom stereocenters. The van der Waals surface area contributed by atoms with Gasteiger partial charge in [0.1, 0.15) is 54.9 Å².